The van der Waals surface area contributed by atoms with E-state index in [0.717, 1.165) is 5.56 Å². The van der Waals surface area contributed by atoms with Crippen molar-refractivity contribution >= 4 is 17.5 Å². The van der Waals surface area contributed by atoms with Gasteiger partial charge in [-0.3, -0.25) is 4.79 Å². The van der Waals surface area contributed by atoms with Crippen LogP contribution < -0.4 is 0 Å². The Kier molecular flexibility index (Phi) is 4.15. The third kappa shape index (κ3) is 3.36. The molecule has 0 spiro atoms. The summed E-state index contributed by atoms with van der Waals surface area (Å²) in [6.07, 6.45) is 3.61. The van der Waals surface area contributed by atoms with Gasteiger partial charge in [-0.2, -0.15) is 4.98 Å². The van der Waals surface area contributed by atoms with Gasteiger partial charge in [-0.05, 0) is 23.8 Å². The van der Waals surface area contributed by atoms with Gasteiger partial charge in [-0.1, -0.05) is 28.9 Å². The van der Waals surface area contributed by atoms with Crippen LogP contribution in [0.1, 0.15) is 17.4 Å². The summed E-state index contributed by atoms with van der Waals surface area (Å²) in [5.41, 5.74) is 0.944. The van der Waals surface area contributed by atoms with Crippen LogP contribution in [-0.2, 0) is 11.2 Å². The Labute approximate surface area is 148 Å². The maximum absolute atomic E-state index is 12.3. The van der Waals surface area contributed by atoms with Crippen LogP contribution in [0.25, 0.3) is 11.6 Å². The molecule has 1 fully saturated rings. The first-order valence-electron chi connectivity index (χ1n) is 7.82. The Morgan fingerprint density at radius 1 is 1.16 bits per heavy atom. The fourth-order valence-corrected chi connectivity index (χ4v) is 2.76. The normalized spacial score (nSPS) is 14.4. The summed E-state index contributed by atoms with van der Waals surface area (Å²) in [7, 11) is 0. The molecular weight excluding hydrogens is 342 g/mol. The Morgan fingerprint density at radius 3 is 2.60 bits per heavy atom. The number of carbonyl (C=O) groups excluding carboxylic acids is 1. The molecule has 0 bridgehead atoms. The average molecular weight is 356 g/mol. The number of aromatic nitrogens is 4. The molecule has 3 heterocycles. The van der Waals surface area contributed by atoms with Gasteiger partial charge in [0.25, 0.3) is 0 Å². The SMILES string of the molecule is O=C(Cc1ccc(Cl)cc1)N1CC(c2nc(-c3ncccn3)no2)C1. The standard InChI is InChI=1S/C17H14ClN5O2/c18-13-4-2-11(3-5-13)8-14(24)23-9-12(10-23)17-21-16(22-25-17)15-19-6-1-7-20-15/h1-7,12H,8-10H2. The minimum absolute atomic E-state index is 0.0548. The number of nitrogens with zero attached hydrogens (tertiary/aromatic N) is 5. The highest BCUT2D eigenvalue weighted by Gasteiger charge is 2.35. The second-order valence-corrected chi connectivity index (χ2v) is 6.26. The molecule has 0 N–H and O–H groups in total. The van der Waals surface area contributed by atoms with Crippen LogP contribution in [-0.4, -0.2) is 44.0 Å². The second kappa shape index (κ2) is 6.60. The third-order valence-corrected chi connectivity index (χ3v) is 4.31. The molecule has 0 radical (unpaired) electrons. The first kappa shape index (κ1) is 15.7. The van der Waals surface area contributed by atoms with Crippen molar-refractivity contribution in [3.8, 4) is 11.6 Å². The van der Waals surface area contributed by atoms with Crippen molar-refractivity contribution in [2.45, 2.75) is 12.3 Å². The molecule has 1 amide bonds. The molecule has 8 heteroatoms. The molecule has 0 atom stereocenters. The van der Waals surface area contributed by atoms with Crippen LogP contribution in [0.5, 0.6) is 0 Å². The Balaban J connectivity index is 1.35. The predicted octanol–water partition coefficient (Wildman–Crippen LogP) is 2.35. The summed E-state index contributed by atoms with van der Waals surface area (Å²) < 4.78 is 5.29. The lowest BCUT2D eigenvalue weighted by molar-refractivity contribution is -0.135. The molecule has 0 unspecified atom stereocenters. The van der Waals surface area contributed by atoms with E-state index in [-0.39, 0.29) is 11.8 Å². The summed E-state index contributed by atoms with van der Waals surface area (Å²) in [6.45, 7) is 1.15. The van der Waals surface area contributed by atoms with Crippen LogP contribution in [0.15, 0.2) is 47.2 Å². The van der Waals surface area contributed by atoms with E-state index in [4.69, 9.17) is 16.1 Å². The molecule has 7 nitrogen and oxygen atoms in total. The molecule has 1 aromatic carbocycles. The Morgan fingerprint density at radius 2 is 1.88 bits per heavy atom. The average Bonchev–Trinajstić information content (AvgIpc) is 3.06. The highest BCUT2D eigenvalue weighted by Crippen LogP contribution is 2.27. The molecule has 126 valence electrons. The van der Waals surface area contributed by atoms with E-state index >= 15 is 0 Å². The van der Waals surface area contributed by atoms with Gasteiger partial charge in [0.1, 0.15) is 0 Å². The van der Waals surface area contributed by atoms with Crippen LogP contribution in [0.2, 0.25) is 5.02 Å². The fraction of sp³-hybridized carbons (Fsp3) is 0.235. The van der Waals surface area contributed by atoms with Crippen molar-refractivity contribution in [3.63, 3.8) is 0 Å². The minimum atomic E-state index is 0.0548. The van der Waals surface area contributed by atoms with Gasteiger partial charge in [0, 0.05) is 30.5 Å². The van der Waals surface area contributed by atoms with Crippen LogP contribution in [0.3, 0.4) is 0 Å². The maximum atomic E-state index is 12.3. The van der Waals surface area contributed by atoms with Crippen molar-refractivity contribution in [3.05, 3.63) is 59.2 Å². The van der Waals surface area contributed by atoms with Gasteiger partial charge >= 0.3 is 0 Å². The lowest BCUT2D eigenvalue weighted by Crippen LogP contribution is -2.49. The Bertz CT molecular complexity index is 876. The molecule has 1 saturated heterocycles. The lowest BCUT2D eigenvalue weighted by Gasteiger charge is -2.37. The van der Waals surface area contributed by atoms with Gasteiger partial charge in [-0.25, -0.2) is 9.97 Å². The van der Waals surface area contributed by atoms with Crippen molar-refractivity contribution in [2.24, 2.45) is 0 Å². The monoisotopic (exact) mass is 355 g/mol. The van der Waals surface area contributed by atoms with E-state index < -0.39 is 0 Å². The number of carbonyl (C=O) groups is 1. The van der Waals surface area contributed by atoms with E-state index in [1.165, 1.54) is 0 Å². The van der Waals surface area contributed by atoms with Crippen LogP contribution in [0, 0.1) is 0 Å². The second-order valence-electron chi connectivity index (χ2n) is 5.83. The zero-order valence-electron chi connectivity index (χ0n) is 13.2. The summed E-state index contributed by atoms with van der Waals surface area (Å²) in [4.78, 5) is 26.6. The number of hydrogen-bond donors (Lipinski definition) is 0. The summed E-state index contributed by atoms with van der Waals surface area (Å²) >= 11 is 5.85. The smallest absolute Gasteiger partial charge is 0.240 e. The highest BCUT2D eigenvalue weighted by atomic mass is 35.5. The zero-order chi connectivity index (χ0) is 17.2. The van der Waals surface area contributed by atoms with E-state index in [9.17, 15) is 4.79 Å². The first-order chi connectivity index (χ1) is 12.2. The number of rotatable bonds is 4. The topological polar surface area (TPSA) is 85.0 Å². The largest absolute Gasteiger partial charge is 0.341 e. The minimum Gasteiger partial charge on any atom is -0.341 e. The maximum Gasteiger partial charge on any atom is 0.240 e. The van der Waals surface area contributed by atoms with Crippen molar-refractivity contribution in [1.82, 2.24) is 25.0 Å². The molecule has 3 aromatic rings. The molecule has 0 saturated carbocycles. The molecule has 4 rings (SSSR count). The van der Waals surface area contributed by atoms with Gasteiger partial charge < -0.3 is 9.42 Å². The van der Waals surface area contributed by atoms with E-state index in [0.29, 0.717) is 42.1 Å². The first-order valence-corrected chi connectivity index (χ1v) is 8.20. The fourth-order valence-electron chi connectivity index (χ4n) is 2.63. The zero-order valence-corrected chi connectivity index (χ0v) is 13.9. The molecule has 0 aliphatic carbocycles. The summed E-state index contributed by atoms with van der Waals surface area (Å²) in [5.74, 6) is 1.43. The van der Waals surface area contributed by atoms with Gasteiger partial charge in [0.05, 0.1) is 12.3 Å². The third-order valence-electron chi connectivity index (χ3n) is 4.06. The number of halogens is 1. The van der Waals surface area contributed by atoms with Crippen molar-refractivity contribution in [2.75, 3.05) is 13.1 Å². The molecule has 25 heavy (non-hydrogen) atoms. The van der Waals surface area contributed by atoms with Gasteiger partial charge in [0.15, 0.2) is 0 Å². The van der Waals surface area contributed by atoms with Crippen LogP contribution >= 0.6 is 11.6 Å². The molecule has 2 aromatic heterocycles. The lowest BCUT2D eigenvalue weighted by atomic mass is 9.99. The molecular formula is C17H14ClN5O2. The molecule has 1 aliphatic rings. The number of benzene rings is 1. The van der Waals surface area contributed by atoms with Crippen LogP contribution in [0.4, 0.5) is 0 Å². The number of likely N-dealkylation sites (tertiary alicyclic amines) is 1. The van der Waals surface area contributed by atoms with E-state index in [1.54, 1.807) is 35.5 Å². The Hall–Kier alpha value is -2.80. The predicted molar refractivity (Wildman–Crippen MR) is 89.8 cm³/mol. The quantitative estimate of drug-likeness (QED) is 0.714. The van der Waals surface area contributed by atoms with Crippen molar-refractivity contribution < 1.29 is 9.32 Å². The van der Waals surface area contributed by atoms with Gasteiger partial charge in [-0.15, -0.1) is 0 Å². The highest BCUT2D eigenvalue weighted by molar-refractivity contribution is 6.30. The molecule has 1 aliphatic heterocycles. The summed E-state index contributed by atoms with van der Waals surface area (Å²) in [5, 5.41) is 4.57. The van der Waals surface area contributed by atoms with Gasteiger partial charge in [0.2, 0.25) is 23.4 Å². The number of amides is 1. The van der Waals surface area contributed by atoms with E-state index in [2.05, 4.69) is 20.1 Å². The summed E-state index contributed by atoms with van der Waals surface area (Å²) in [6, 6.07) is 9.02. The van der Waals surface area contributed by atoms with Crippen molar-refractivity contribution in [1.29, 1.82) is 0 Å². The van der Waals surface area contributed by atoms with E-state index in [1.807, 2.05) is 12.1 Å². The number of hydrogen-bond acceptors (Lipinski definition) is 6.